The third kappa shape index (κ3) is 49.7. The zero-order chi connectivity index (χ0) is 49.2. The van der Waals surface area contributed by atoms with Crippen molar-refractivity contribution in [1.29, 1.82) is 0 Å². The summed E-state index contributed by atoms with van der Waals surface area (Å²) < 4.78 is 32.9. The molecule has 0 aliphatic carbocycles. The van der Waals surface area contributed by atoms with E-state index in [4.69, 9.17) is 24.8 Å². The first-order chi connectivity index (χ1) is 32.6. The summed E-state index contributed by atoms with van der Waals surface area (Å²) in [6.07, 6.45) is 59.0. The molecule has 390 valence electrons. The number of nitrogens with two attached hydrogens (primary N) is 1. The SMILES string of the molecule is CC/C=C\C/C=C\C/C=C\C/C=C\CCCCCCCCC(=O)OC(COC(=O)CCCCCCCCCCCCCCCCCCCCCCCCCC)COP(=O)(O)OCC(N)C(=O)O. The molecule has 0 spiro atoms. The first kappa shape index (κ1) is 64.4. The average Bonchev–Trinajstić information content (AvgIpc) is 3.31. The van der Waals surface area contributed by atoms with Crippen LogP contribution in [0.1, 0.15) is 251 Å². The number of ether oxygens (including phenoxy) is 2. The van der Waals surface area contributed by atoms with E-state index in [1.165, 1.54) is 128 Å². The number of rotatable bonds is 51. The van der Waals surface area contributed by atoms with Crippen LogP contribution in [0.3, 0.4) is 0 Å². The Labute approximate surface area is 409 Å². The molecule has 67 heavy (non-hydrogen) atoms. The minimum absolute atomic E-state index is 0.146. The topological polar surface area (TPSA) is 172 Å². The van der Waals surface area contributed by atoms with Gasteiger partial charge in [0.25, 0.3) is 0 Å². The van der Waals surface area contributed by atoms with Crippen LogP contribution in [0.25, 0.3) is 0 Å². The van der Waals surface area contributed by atoms with Gasteiger partial charge in [-0.2, -0.15) is 0 Å². The Morgan fingerprint density at radius 3 is 1.25 bits per heavy atom. The first-order valence-electron chi connectivity index (χ1n) is 27.2. The van der Waals surface area contributed by atoms with Crippen molar-refractivity contribution in [3.8, 4) is 0 Å². The molecule has 0 fully saturated rings. The van der Waals surface area contributed by atoms with Crippen molar-refractivity contribution in [1.82, 2.24) is 0 Å². The number of hydrogen-bond acceptors (Lipinski definition) is 9. The molecule has 3 atom stereocenters. The van der Waals surface area contributed by atoms with Gasteiger partial charge in [-0.1, -0.05) is 236 Å². The summed E-state index contributed by atoms with van der Waals surface area (Å²) in [4.78, 5) is 46.3. The molecule has 0 aromatic carbocycles. The number of hydrogen-bond donors (Lipinski definition) is 3. The predicted octanol–water partition coefficient (Wildman–Crippen LogP) is 15.7. The Morgan fingerprint density at radius 2 is 0.836 bits per heavy atom. The number of allylic oxidation sites excluding steroid dienone is 8. The maximum atomic E-state index is 12.7. The van der Waals surface area contributed by atoms with Gasteiger partial charge < -0.3 is 25.2 Å². The van der Waals surface area contributed by atoms with Gasteiger partial charge in [0.2, 0.25) is 0 Å². The van der Waals surface area contributed by atoms with Crippen LogP contribution in [0.5, 0.6) is 0 Å². The van der Waals surface area contributed by atoms with Gasteiger partial charge >= 0.3 is 25.7 Å². The quantitative estimate of drug-likeness (QED) is 0.0229. The Morgan fingerprint density at radius 1 is 0.478 bits per heavy atom. The van der Waals surface area contributed by atoms with E-state index in [2.05, 4.69) is 67.0 Å². The van der Waals surface area contributed by atoms with Crippen LogP contribution < -0.4 is 5.73 Å². The van der Waals surface area contributed by atoms with Crippen LogP contribution in [-0.4, -0.2) is 59.9 Å². The molecule has 0 aliphatic heterocycles. The Bertz CT molecular complexity index is 1320. The Balaban J connectivity index is 4.18. The van der Waals surface area contributed by atoms with Crippen molar-refractivity contribution in [2.24, 2.45) is 5.73 Å². The summed E-state index contributed by atoms with van der Waals surface area (Å²) in [7, 11) is -4.73. The van der Waals surface area contributed by atoms with E-state index in [9.17, 15) is 23.8 Å². The summed E-state index contributed by atoms with van der Waals surface area (Å²) >= 11 is 0. The van der Waals surface area contributed by atoms with Crippen LogP contribution in [0.4, 0.5) is 0 Å². The lowest BCUT2D eigenvalue weighted by Crippen LogP contribution is -2.34. The summed E-state index contributed by atoms with van der Waals surface area (Å²) in [6, 6.07) is -1.53. The van der Waals surface area contributed by atoms with E-state index in [1.54, 1.807) is 0 Å². The van der Waals surface area contributed by atoms with Crippen LogP contribution >= 0.6 is 7.82 Å². The maximum Gasteiger partial charge on any atom is 0.472 e. The molecule has 3 unspecified atom stereocenters. The van der Waals surface area contributed by atoms with Gasteiger partial charge in [-0.25, -0.2) is 4.57 Å². The second-order valence-electron chi connectivity index (χ2n) is 18.3. The van der Waals surface area contributed by atoms with Crippen LogP contribution in [0.15, 0.2) is 48.6 Å². The standard InChI is InChI=1S/C55H100NO10P/c1-3-5-7-9-11-13-15-17-19-21-23-24-25-26-27-29-30-32-34-36-38-40-42-44-46-53(57)63-48-51(49-64-67(61,62)65-50-52(56)55(59)60)66-54(58)47-45-43-41-39-37-35-33-31-28-22-20-18-16-14-12-10-8-6-4-2/h6,8,12,14,18,20,28,31,51-52H,3-5,7,9-11,13,15-17,19,21-27,29-30,32-50,56H2,1-2H3,(H,59,60)(H,61,62)/b8-6-,14-12-,20-18-,31-28-. The number of esters is 2. The summed E-state index contributed by atoms with van der Waals surface area (Å²) in [5, 5.41) is 8.93. The highest BCUT2D eigenvalue weighted by atomic mass is 31.2. The molecule has 0 radical (unpaired) electrons. The van der Waals surface area contributed by atoms with E-state index < -0.39 is 51.1 Å². The van der Waals surface area contributed by atoms with Gasteiger partial charge in [0, 0.05) is 12.8 Å². The fourth-order valence-electron chi connectivity index (χ4n) is 7.65. The lowest BCUT2D eigenvalue weighted by Gasteiger charge is -2.20. The lowest BCUT2D eigenvalue weighted by molar-refractivity contribution is -0.161. The molecular weight excluding hydrogens is 866 g/mol. The smallest absolute Gasteiger partial charge is 0.472 e. The van der Waals surface area contributed by atoms with Crippen LogP contribution in [0.2, 0.25) is 0 Å². The fraction of sp³-hybridized carbons (Fsp3) is 0.800. The largest absolute Gasteiger partial charge is 0.480 e. The second-order valence-corrected chi connectivity index (χ2v) is 19.8. The summed E-state index contributed by atoms with van der Waals surface area (Å²) in [5.74, 6) is -2.38. The van der Waals surface area contributed by atoms with E-state index in [0.29, 0.717) is 12.8 Å². The number of aliphatic carboxylic acids is 1. The Kier molecular flexibility index (Phi) is 47.9. The molecule has 0 heterocycles. The minimum Gasteiger partial charge on any atom is -0.480 e. The molecule has 0 rings (SSSR count). The molecular formula is C55H100NO10P. The monoisotopic (exact) mass is 966 g/mol. The molecule has 0 aliphatic rings. The van der Waals surface area contributed by atoms with Crippen molar-refractivity contribution in [3.05, 3.63) is 48.6 Å². The molecule has 0 bridgehead atoms. The molecule has 0 aromatic rings. The number of carbonyl (C=O) groups excluding carboxylic acids is 2. The summed E-state index contributed by atoms with van der Waals surface area (Å²) in [5.41, 5.74) is 5.36. The number of carbonyl (C=O) groups is 3. The highest BCUT2D eigenvalue weighted by Crippen LogP contribution is 2.43. The molecule has 0 aromatic heterocycles. The zero-order valence-corrected chi connectivity index (χ0v) is 43.6. The van der Waals surface area contributed by atoms with E-state index in [-0.39, 0.29) is 19.4 Å². The lowest BCUT2D eigenvalue weighted by atomic mass is 10.0. The Hall–Kier alpha value is -2.56. The zero-order valence-electron chi connectivity index (χ0n) is 42.7. The normalized spacial score (nSPS) is 13.9. The van der Waals surface area contributed by atoms with Gasteiger partial charge in [0.1, 0.15) is 12.6 Å². The highest BCUT2D eigenvalue weighted by molar-refractivity contribution is 7.47. The van der Waals surface area contributed by atoms with Crippen LogP contribution in [0, 0.1) is 0 Å². The molecule has 12 heteroatoms. The fourth-order valence-corrected chi connectivity index (χ4v) is 8.43. The van der Waals surface area contributed by atoms with Crippen molar-refractivity contribution < 1.29 is 47.5 Å². The third-order valence-electron chi connectivity index (χ3n) is 11.8. The van der Waals surface area contributed by atoms with Gasteiger partial charge in [0.15, 0.2) is 6.10 Å². The van der Waals surface area contributed by atoms with Crippen molar-refractivity contribution in [2.45, 2.75) is 264 Å². The molecule has 11 nitrogen and oxygen atoms in total. The van der Waals surface area contributed by atoms with Crippen LogP contribution in [-0.2, 0) is 37.5 Å². The van der Waals surface area contributed by atoms with Gasteiger partial charge in [-0.3, -0.25) is 23.4 Å². The van der Waals surface area contributed by atoms with Crippen molar-refractivity contribution >= 4 is 25.7 Å². The maximum absolute atomic E-state index is 12.7. The second kappa shape index (κ2) is 49.8. The minimum atomic E-state index is -4.73. The van der Waals surface area contributed by atoms with E-state index in [1.807, 2.05) is 0 Å². The molecule has 0 amide bonds. The third-order valence-corrected chi connectivity index (χ3v) is 12.8. The first-order valence-corrected chi connectivity index (χ1v) is 28.7. The van der Waals surface area contributed by atoms with Crippen molar-refractivity contribution in [2.75, 3.05) is 19.8 Å². The highest BCUT2D eigenvalue weighted by Gasteiger charge is 2.28. The van der Waals surface area contributed by atoms with Gasteiger partial charge in [-0.15, -0.1) is 0 Å². The number of carboxylic acid groups (broad SMARTS) is 1. The van der Waals surface area contributed by atoms with E-state index >= 15 is 0 Å². The van der Waals surface area contributed by atoms with Gasteiger partial charge in [0.05, 0.1) is 13.2 Å². The number of phosphoric acid groups is 1. The number of unbranched alkanes of at least 4 members (excludes halogenated alkanes) is 29. The predicted molar refractivity (Wildman–Crippen MR) is 277 cm³/mol. The van der Waals surface area contributed by atoms with Gasteiger partial charge in [-0.05, 0) is 51.4 Å². The summed E-state index contributed by atoms with van der Waals surface area (Å²) in [6.45, 7) is 2.72. The van der Waals surface area contributed by atoms with E-state index in [0.717, 1.165) is 83.5 Å². The molecule has 0 saturated heterocycles. The molecule has 4 N–H and O–H groups in total. The number of carboxylic acids is 1. The molecule has 0 saturated carbocycles. The average molecular weight is 966 g/mol. The van der Waals surface area contributed by atoms with Crippen molar-refractivity contribution in [3.63, 3.8) is 0 Å². The number of phosphoric ester groups is 1.